The van der Waals surface area contributed by atoms with E-state index >= 15 is 0 Å². The van der Waals surface area contributed by atoms with Crippen LogP contribution >= 0.6 is 11.6 Å². The lowest BCUT2D eigenvalue weighted by Gasteiger charge is -2.12. The van der Waals surface area contributed by atoms with Crippen molar-refractivity contribution in [3.05, 3.63) is 23.8 Å². The summed E-state index contributed by atoms with van der Waals surface area (Å²) in [6.07, 6.45) is -0.0322. The van der Waals surface area contributed by atoms with Crippen molar-refractivity contribution in [3.63, 3.8) is 0 Å². The van der Waals surface area contributed by atoms with E-state index in [1.165, 1.54) is 12.1 Å². The average molecular weight is 301 g/mol. The second kappa shape index (κ2) is 7.18. The van der Waals surface area contributed by atoms with Gasteiger partial charge in [0.25, 0.3) is 0 Å². The molecule has 0 bridgehead atoms. The summed E-state index contributed by atoms with van der Waals surface area (Å²) in [5, 5.41) is -0.643. The maximum absolute atomic E-state index is 12.2. The first-order valence-corrected chi connectivity index (χ1v) is 5.47. The lowest BCUT2D eigenvalue weighted by molar-refractivity contribution is -0.111. The van der Waals surface area contributed by atoms with Gasteiger partial charge in [0.15, 0.2) is 0 Å². The molecule has 1 rings (SSSR count). The summed E-state index contributed by atoms with van der Waals surface area (Å²) in [5.41, 5.74) is 0.246. The number of benzene rings is 1. The molecule has 0 N–H and O–H groups in total. The zero-order valence-corrected chi connectivity index (χ0v) is 10.2. The van der Waals surface area contributed by atoms with E-state index in [0.29, 0.717) is 0 Å². The molecule has 106 valence electrons. The minimum atomic E-state index is -3.12. The van der Waals surface area contributed by atoms with Crippen molar-refractivity contribution in [1.29, 1.82) is 0 Å². The highest BCUT2D eigenvalue weighted by Gasteiger charge is 2.14. The van der Waals surface area contributed by atoms with Gasteiger partial charge in [0.05, 0.1) is 0 Å². The quantitative estimate of drug-likeness (QED) is 0.570. The van der Waals surface area contributed by atoms with Gasteiger partial charge in [0.2, 0.25) is 5.24 Å². The summed E-state index contributed by atoms with van der Waals surface area (Å²) in [7, 11) is 0. The maximum Gasteiger partial charge on any atom is 0.387 e. The first kappa shape index (κ1) is 15.6. The van der Waals surface area contributed by atoms with Crippen LogP contribution in [0.15, 0.2) is 18.2 Å². The second-order valence-corrected chi connectivity index (χ2v) is 3.80. The van der Waals surface area contributed by atoms with Crippen LogP contribution in [0.5, 0.6) is 11.5 Å². The third kappa shape index (κ3) is 5.78. The van der Waals surface area contributed by atoms with Gasteiger partial charge in [0, 0.05) is 12.5 Å². The minimum Gasteiger partial charge on any atom is -0.435 e. The Balaban J connectivity index is 2.91. The van der Waals surface area contributed by atoms with Crippen molar-refractivity contribution in [3.8, 4) is 11.5 Å². The average Bonchev–Trinajstić information content (AvgIpc) is 2.26. The predicted octanol–water partition coefficient (Wildman–Crippen LogP) is 3.59. The fourth-order valence-corrected chi connectivity index (χ4v) is 1.45. The van der Waals surface area contributed by atoms with E-state index in [4.69, 9.17) is 11.6 Å². The van der Waals surface area contributed by atoms with E-state index in [-0.39, 0.29) is 29.9 Å². The number of hydrogen-bond acceptors (Lipinski definition) is 3. The van der Waals surface area contributed by atoms with Gasteiger partial charge in [-0.05, 0) is 29.7 Å². The monoisotopic (exact) mass is 300 g/mol. The van der Waals surface area contributed by atoms with Gasteiger partial charge in [-0.1, -0.05) is 6.07 Å². The Labute approximate surface area is 111 Å². The Kier molecular flexibility index (Phi) is 5.88. The van der Waals surface area contributed by atoms with Crippen LogP contribution in [-0.4, -0.2) is 18.5 Å². The number of carbonyl (C=O) groups excluding carboxylic acids is 1. The van der Waals surface area contributed by atoms with Crippen LogP contribution in [0.2, 0.25) is 0 Å². The molecule has 0 aromatic heterocycles. The Hall–Kier alpha value is -1.50. The molecule has 1 aromatic carbocycles. The Morgan fingerprint density at radius 3 is 2.32 bits per heavy atom. The third-order valence-electron chi connectivity index (χ3n) is 2.07. The number of ether oxygens (including phenoxy) is 2. The fourth-order valence-electron chi connectivity index (χ4n) is 1.36. The molecule has 0 aliphatic carbocycles. The van der Waals surface area contributed by atoms with Crippen molar-refractivity contribution in [2.24, 2.45) is 0 Å². The Morgan fingerprint density at radius 2 is 1.79 bits per heavy atom. The van der Waals surface area contributed by atoms with Crippen molar-refractivity contribution >= 4 is 16.8 Å². The van der Waals surface area contributed by atoms with E-state index in [0.717, 1.165) is 6.07 Å². The molecule has 0 radical (unpaired) electrons. The van der Waals surface area contributed by atoms with Crippen molar-refractivity contribution in [1.82, 2.24) is 0 Å². The second-order valence-electron chi connectivity index (χ2n) is 3.38. The molecule has 3 nitrogen and oxygen atoms in total. The SMILES string of the molecule is O=C(Cl)CCc1ccc(OC(F)F)cc1OC(F)F. The number of aryl methyl sites for hydroxylation is 1. The molecule has 0 fully saturated rings. The number of rotatable bonds is 7. The van der Waals surface area contributed by atoms with Crippen LogP contribution in [0.4, 0.5) is 17.6 Å². The van der Waals surface area contributed by atoms with Gasteiger partial charge in [-0.2, -0.15) is 17.6 Å². The fraction of sp³-hybridized carbons (Fsp3) is 0.364. The van der Waals surface area contributed by atoms with Gasteiger partial charge in [0.1, 0.15) is 11.5 Å². The molecule has 8 heteroatoms. The highest BCUT2D eigenvalue weighted by molar-refractivity contribution is 6.63. The van der Waals surface area contributed by atoms with Crippen LogP contribution in [0.25, 0.3) is 0 Å². The molecule has 19 heavy (non-hydrogen) atoms. The predicted molar refractivity (Wildman–Crippen MR) is 58.9 cm³/mol. The van der Waals surface area contributed by atoms with Gasteiger partial charge in [-0.25, -0.2) is 0 Å². The first-order chi connectivity index (χ1) is 8.88. The van der Waals surface area contributed by atoms with E-state index in [1.807, 2.05) is 0 Å². The molecule has 0 saturated heterocycles. The van der Waals surface area contributed by atoms with Gasteiger partial charge in [-0.15, -0.1) is 0 Å². The van der Waals surface area contributed by atoms with Crippen molar-refractivity contribution in [2.75, 3.05) is 0 Å². The number of hydrogen-bond donors (Lipinski definition) is 0. The molecule has 0 unspecified atom stereocenters. The van der Waals surface area contributed by atoms with Gasteiger partial charge in [-0.3, -0.25) is 4.79 Å². The molecule has 0 amide bonds. The van der Waals surface area contributed by atoms with Crippen LogP contribution in [0, 0.1) is 0 Å². The number of halogens is 5. The lowest BCUT2D eigenvalue weighted by Crippen LogP contribution is -2.07. The van der Waals surface area contributed by atoms with Gasteiger partial charge >= 0.3 is 13.2 Å². The molecule has 0 aliphatic heterocycles. The molecule has 0 spiro atoms. The molecular weight excluding hydrogens is 292 g/mol. The summed E-state index contributed by atoms with van der Waals surface area (Å²) in [4.78, 5) is 10.6. The lowest BCUT2D eigenvalue weighted by atomic mass is 10.1. The summed E-state index contributed by atoms with van der Waals surface area (Å²) >= 11 is 5.13. The summed E-state index contributed by atoms with van der Waals surface area (Å²) in [6.45, 7) is -6.19. The van der Waals surface area contributed by atoms with Crippen LogP contribution in [0.1, 0.15) is 12.0 Å². The van der Waals surface area contributed by atoms with E-state index in [1.54, 1.807) is 0 Å². The molecule has 0 aliphatic rings. The largest absolute Gasteiger partial charge is 0.435 e. The minimum absolute atomic E-state index is 0.0549. The van der Waals surface area contributed by atoms with E-state index in [9.17, 15) is 22.4 Å². The molecule has 0 heterocycles. The smallest absolute Gasteiger partial charge is 0.387 e. The molecule has 0 saturated carbocycles. The summed E-state index contributed by atoms with van der Waals surface area (Å²) < 4.78 is 56.6. The first-order valence-electron chi connectivity index (χ1n) is 5.09. The third-order valence-corrected chi connectivity index (χ3v) is 2.26. The van der Waals surface area contributed by atoms with Crippen molar-refractivity contribution in [2.45, 2.75) is 26.1 Å². The van der Waals surface area contributed by atoms with Crippen molar-refractivity contribution < 1.29 is 31.8 Å². The zero-order valence-electron chi connectivity index (χ0n) is 9.42. The van der Waals surface area contributed by atoms with E-state index < -0.39 is 18.5 Å². The van der Waals surface area contributed by atoms with E-state index in [2.05, 4.69) is 9.47 Å². The summed E-state index contributed by atoms with van der Waals surface area (Å²) in [5.74, 6) is -0.641. The normalized spacial score (nSPS) is 10.9. The van der Waals surface area contributed by atoms with Crippen LogP contribution in [-0.2, 0) is 11.2 Å². The Bertz CT molecular complexity index is 440. The number of alkyl halides is 4. The Morgan fingerprint density at radius 1 is 1.16 bits per heavy atom. The molecular formula is C11H9ClF4O3. The standard InChI is InChI=1S/C11H9ClF4O3/c12-9(17)4-2-6-1-3-7(18-10(13)14)5-8(6)19-11(15)16/h1,3,5,10-11H,2,4H2. The molecule has 1 aromatic rings. The zero-order chi connectivity index (χ0) is 14.4. The number of carbonyl (C=O) groups is 1. The molecule has 0 atom stereocenters. The maximum atomic E-state index is 12.2. The topological polar surface area (TPSA) is 35.5 Å². The van der Waals surface area contributed by atoms with Gasteiger partial charge < -0.3 is 9.47 Å². The highest BCUT2D eigenvalue weighted by atomic mass is 35.5. The van der Waals surface area contributed by atoms with Crippen LogP contribution in [0.3, 0.4) is 0 Å². The summed E-state index contributed by atoms with van der Waals surface area (Å²) in [6, 6.07) is 3.33. The highest BCUT2D eigenvalue weighted by Crippen LogP contribution is 2.28. The van der Waals surface area contributed by atoms with Crippen LogP contribution < -0.4 is 9.47 Å².